The Labute approximate surface area is 182 Å². The van der Waals surface area contributed by atoms with Gasteiger partial charge in [0.1, 0.15) is 10.8 Å². The molecule has 0 bridgehead atoms. The maximum atomic E-state index is 12.6. The summed E-state index contributed by atoms with van der Waals surface area (Å²) in [5, 5.41) is 12.5. The lowest BCUT2D eigenvalue weighted by atomic mass is 9.95. The van der Waals surface area contributed by atoms with Crippen molar-refractivity contribution in [2.45, 2.75) is 37.8 Å². The molecule has 0 atom stereocenters. The van der Waals surface area contributed by atoms with Crippen LogP contribution in [0.25, 0.3) is 11.4 Å². The Morgan fingerprint density at radius 1 is 1.33 bits per heavy atom. The second kappa shape index (κ2) is 8.65. The maximum absolute atomic E-state index is 12.6. The number of hydrogen-bond acceptors (Lipinski definition) is 8. The molecule has 4 rings (SSSR count). The van der Waals surface area contributed by atoms with Gasteiger partial charge in [0.25, 0.3) is 0 Å². The fraction of sp³-hybridized carbons (Fsp3) is 0.400. The molecule has 3 aromatic heterocycles. The van der Waals surface area contributed by atoms with E-state index in [0.29, 0.717) is 21.5 Å². The average molecular weight is 447 g/mol. The fourth-order valence-electron chi connectivity index (χ4n) is 3.56. The first-order valence-corrected chi connectivity index (χ1v) is 11.4. The molecule has 0 aromatic carbocycles. The van der Waals surface area contributed by atoms with Gasteiger partial charge in [-0.1, -0.05) is 11.8 Å². The smallest absolute Gasteiger partial charge is 0.341 e. The lowest BCUT2D eigenvalue weighted by Crippen LogP contribution is -2.17. The van der Waals surface area contributed by atoms with Crippen LogP contribution >= 0.6 is 23.1 Å². The highest BCUT2D eigenvalue weighted by Crippen LogP contribution is 2.38. The molecular weight excluding hydrogens is 424 g/mol. The number of aryl methyl sites for hydroxylation is 2. The SMILES string of the molecule is COC(=O)c1c(NC(=O)CSc2nnc(-c3ccoc3C)n2C)sc2c1CCCC2. The molecule has 0 unspecified atom stereocenters. The number of carbonyl (C=O) groups excluding carboxylic acids is 2. The zero-order valence-corrected chi connectivity index (χ0v) is 18.6. The molecule has 1 amide bonds. The average Bonchev–Trinajstić information content (AvgIpc) is 3.42. The minimum Gasteiger partial charge on any atom is -0.469 e. The van der Waals surface area contributed by atoms with Crippen molar-refractivity contribution in [3.05, 3.63) is 34.1 Å². The number of fused-ring (bicyclic) bond motifs is 1. The standard InChI is InChI=1S/C20H22N4O4S2/c1-11-12(8-9-28-11)17-22-23-20(24(17)2)29-10-15(25)21-18-16(19(26)27-3)13-6-4-5-7-14(13)30-18/h8-9H,4-7,10H2,1-3H3,(H,21,25). The highest BCUT2D eigenvalue weighted by Gasteiger charge is 2.27. The molecule has 3 heterocycles. The number of esters is 1. The van der Waals surface area contributed by atoms with E-state index >= 15 is 0 Å². The van der Waals surface area contributed by atoms with Crippen LogP contribution < -0.4 is 5.32 Å². The Balaban J connectivity index is 1.46. The van der Waals surface area contributed by atoms with Crippen molar-refractivity contribution in [2.24, 2.45) is 7.05 Å². The molecular formula is C20H22N4O4S2. The van der Waals surface area contributed by atoms with Gasteiger partial charge < -0.3 is 19.0 Å². The van der Waals surface area contributed by atoms with E-state index in [1.54, 1.807) is 6.26 Å². The summed E-state index contributed by atoms with van der Waals surface area (Å²) >= 11 is 2.77. The number of furan rings is 1. The molecule has 0 aliphatic heterocycles. The molecule has 0 fully saturated rings. The summed E-state index contributed by atoms with van der Waals surface area (Å²) in [4.78, 5) is 26.1. The van der Waals surface area contributed by atoms with Crippen LogP contribution in [0.2, 0.25) is 0 Å². The number of amides is 1. The van der Waals surface area contributed by atoms with E-state index in [4.69, 9.17) is 9.15 Å². The molecule has 158 valence electrons. The number of hydrogen-bond donors (Lipinski definition) is 1. The molecule has 1 aliphatic carbocycles. The Hall–Kier alpha value is -2.59. The van der Waals surface area contributed by atoms with Crippen LogP contribution in [0.1, 0.15) is 39.4 Å². The molecule has 1 N–H and O–H groups in total. The molecule has 0 radical (unpaired) electrons. The van der Waals surface area contributed by atoms with Gasteiger partial charge >= 0.3 is 5.97 Å². The number of methoxy groups -OCH3 is 1. The fourth-order valence-corrected chi connectivity index (χ4v) is 5.56. The minimum atomic E-state index is -0.397. The number of thiophene rings is 1. The second-order valence-electron chi connectivity index (χ2n) is 7.00. The Morgan fingerprint density at radius 3 is 2.87 bits per heavy atom. The summed E-state index contributed by atoms with van der Waals surface area (Å²) < 4.78 is 12.1. The number of nitrogens with zero attached hydrogens (tertiary/aromatic N) is 3. The quantitative estimate of drug-likeness (QED) is 0.454. The maximum Gasteiger partial charge on any atom is 0.341 e. The van der Waals surface area contributed by atoms with Crippen LogP contribution in [0.15, 0.2) is 21.9 Å². The van der Waals surface area contributed by atoms with Crippen LogP contribution in [0.3, 0.4) is 0 Å². The van der Waals surface area contributed by atoms with Gasteiger partial charge in [-0.25, -0.2) is 4.79 Å². The van der Waals surface area contributed by atoms with E-state index in [1.165, 1.54) is 30.2 Å². The van der Waals surface area contributed by atoms with Gasteiger partial charge in [-0.15, -0.1) is 21.5 Å². The predicted octanol–water partition coefficient (Wildman–Crippen LogP) is 3.84. The number of anilines is 1. The summed E-state index contributed by atoms with van der Waals surface area (Å²) in [6.07, 6.45) is 5.53. The van der Waals surface area contributed by atoms with E-state index in [9.17, 15) is 9.59 Å². The first-order chi connectivity index (χ1) is 14.5. The summed E-state index contributed by atoms with van der Waals surface area (Å²) in [7, 11) is 3.22. The molecule has 0 spiro atoms. The Bertz CT molecular complexity index is 1100. The van der Waals surface area contributed by atoms with Crippen molar-refractivity contribution in [1.29, 1.82) is 0 Å². The van der Waals surface area contributed by atoms with Gasteiger partial charge in [-0.05, 0) is 44.2 Å². The summed E-state index contributed by atoms with van der Waals surface area (Å²) in [6.45, 7) is 1.86. The van der Waals surface area contributed by atoms with E-state index < -0.39 is 5.97 Å². The highest BCUT2D eigenvalue weighted by atomic mass is 32.2. The summed E-state index contributed by atoms with van der Waals surface area (Å²) in [5.41, 5.74) is 2.40. The first kappa shape index (κ1) is 20.7. The molecule has 1 aliphatic rings. The number of aromatic nitrogens is 3. The zero-order chi connectivity index (χ0) is 21.3. The number of ether oxygens (including phenoxy) is 1. The lowest BCUT2D eigenvalue weighted by Gasteiger charge is -2.11. The van der Waals surface area contributed by atoms with Crippen LogP contribution in [0.5, 0.6) is 0 Å². The van der Waals surface area contributed by atoms with Crippen molar-refractivity contribution in [1.82, 2.24) is 14.8 Å². The molecule has 8 nitrogen and oxygen atoms in total. The Morgan fingerprint density at radius 2 is 2.13 bits per heavy atom. The summed E-state index contributed by atoms with van der Waals surface area (Å²) in [6, 6.07) is 1.84. The zero-order valence-electron chi connectivity index (χ0n) is 17.0. The molecule has 3 aromatic rings. The number of nitrogens with one attached hydrogen (secondary N) is 1. The van der Waals surface area contributed by atoms with Crippen molar-refractivity contribution >= 4 is 40.0 Å². The largest absolute Gasteiger partial charge is 0.469 e. The highest BCUT2D eigenvalue weighted by molar-refractivity contribution is 7.99. The van der Waals surface area contributed by atoms with Gasteiger partial charge in [0.15, 0.2) is 11.0 Å². The molecule has 0 saturated carbocycles. The van der Waals surface area contributed by atoms with Gasteiger partial charge in [-0.2, -0.15) is 0 Å². The van der Waals surface area contributed by atoms with Crippen molar-refractivity contribution in [3.8, 4) is 11.4 Å². The van der Waals surface area contributed by atoms with Gasteiger partial charge in [0.2, 0.25) is 5.91 Å². The third-order valence-corrected chi connectivity index (χ3v) is 7.31. The van der Waals surface area contributed by atoms with E-state index in [1.807, 2.05) is 24.6 Å². The van der Waals surface area contributed by atoms with Crippen molar-refractivity contribution in [3.63, 3.8) is 0 Å². The van der Waals surface area contributed by atoms with Gasteiger partial charge in [-0.3, -0.25) is 4.79 Å². The van der Waals surface area contributed by atoms with Crippen LogP contribution in [-0.2, 0) is 29.4 Å². The summed E-state index contributed by atoms with van der Waals surface area (Å²) in [5.74, 6) is 0.998. The first-order valence-electron chi connectivity index (χ1n) is 9.59. The second-order valence-corrected chi connectivity index (χ2v) is 9.05. The Kier molecular flexibility index (Phi) is 5.96. The van der Waals surface area contributed by atoms with E-state index in [2.05, 4.69) is 15.5 Å². The van der Waals surface area contributed by atoms with Gasteiger partial charge in [0, 0.05) is 11.9 Å². The molecule has 10 heteroatoms. The van der Waals surface area contributed by atoms with Crippen molar-refractivity contribution < 1.29 is 18.7 Å². The number of rotatable bonds is 6. The van der Waals surface area contributed by atoms with Crippen LogP contribution in [0.4, 0.5) is 5.00 Å². The van der Waals surface area contributed by atoms with Gasteiger partial charge in [0.05, 0.1) is 30.3 Å². The van der Waals surface area contributed by atoms with Crippen molar-refractivity contribution in [2.75, 3.05) is 18.2 Å². The third kappa shape index (κ3) is 3.89. The molecule has 30 heavy (non-hydrogen) atoms. The van der Waals surface area contributed by atoms with Crippen LogP contribution in [-0.4, -0.2) is 39.5 Å². The number of carbonyl (C=O) groups is 2. The monoisotopic (exact) mass is 446 g/mol. The topological polar surface area (TPSA) is 99.2 Å². The van der Waals surface area contributed by atoms with E-state index in [-0.39, 0.29) is 11.7 Å². The normalized spacial score (nSPS) is 13.2. The third-order valence-electron chi connectivity index (χ3n) is 5.08. The minimum absolute atomic E-state index is 0.152. The number of thioether (sulfide) groups is 1. The van der Waals surface area contributed by atoms with E-state index in [0.717, 1.165) is 47.4 Å². The predicted molar refractivity (Wildman–Crippen MR) is 115 cm³/mol. The lowest BCUT2D eigenvalue weighted by molar-refractivity contribution is -0.113. The van der Waals surface area contributed by atoms with Crippen LogP contribution in [0, 0.1) is 6.92 Å². The molecule has 0 saturated heterocycles.